The predicted octanol–water partition coefficient (Wildman–Crippen LogP) is 4.74. The summed E-state index contributed by atoms with van der Waals surface area (Å²) in [6.07, 6.45) is -6.91. The number of benzene rings is 2. The second kappa shape index (κ2) is 9.36. The first kappa shape index (κ1) is 26.3. The van der Waals surface area contributed by atoms with Crippen LogP contribution in [0.1, 0.15) is 35.7 Å². The van der Waals surface area contributed by atoms with Crippen LogP contribution in [0.4, 0.5) is 36.4 Å². The highest BCUT2D eigenvalue weighted by atomic mass is 19.4. The van der Waals surface area contributed by atoms with Crippen molar-refractivity contribution in [2.75, 3.05) is 5.32 Å². The number of carbonyl (C=O) groups is 2. The Morgan fingerprint density at radius 3 is 2.37 bits per heavy atom. The number of ether oxygens (including phenoxy) is 2. The third kappa shape index (κ3) is 5.04. The van der Waals surface area contributed by atoms with E-state index in [0.29, 0.717) is 13.0 Å². The molecule has 0 spiro atoms. The molecule has 1 fully saturated rings. The fourth-order valence-corrected chi connectivity index (χ4v) is 4.01. The zero-order chi connectivity index (χ0) is 26.3. The molecule has 2 aromatic carbocycles. The Balaban J connectivity index is 2.07. The maximum Gasteiger partial charge on any atom is 0.417 e. The summed E-state index contributed by atoms with van der Waals surface area (Å²) in [6, 6.07) is 5.01. The second-order valence-electron chi connectivity index (χ2n) is 8.07. The molecule has 0 radical (unpaired) electrons. The number of hydrogen-bond donors (Lipinski definition) is 2. The van der Waals surface area contributed by atoms with Gasteiger partial charge in [0.15, 0.2) is 5.60 Å². The Morgan fingerprint density at radius 1 is 1.14 bits per heavy atom. The second-order valence-corrected chi connectivity index (χ2v) is 8.07. The summed E-state index contributed by atoms with van der Waals surface area (Å²) >= 11 is 0. The van der Waals surface area contributed by atoms with Gasteiger partial charge < -0.3 is 20.5 Å². The topological polar surface area (TPSA) is 90.6 Å². The van der Waals surface area contributed by atoms with Crippen molar-refractivity contribution in [3.63, 3.8) is 0 Å². The maximum absolute atomic E-state index is 13.9. The minimum Gasteiger partial charge on any atom is -0.434 e. The molecule has 2 aromatic rings. The zero-order valence-corrected chi connectivity index (χ0v) is 18.1. The number of carbonyl (C=O) groups excluding carboxylic acids is 2. The molecule has 3 rings (SSSR count). The number of amides is 2. The molecule has 3 N–H and O–H groups in total. The summed E-state index contributed by atoms with van der Waals surface area (Å²) in [5.41, 5.74) is 1.05. The first-order valence-corrected chi connectivity index (χ1v) is 10.0. The summed E-state index contributed by atoms with van der Waals surface area (Å²) in [5, 5.41) is 2.22. The van der Waals surface area contributed by atoms with Crippen molar-refractivity contribution in [3.8, 4) is 5.75 Å². The largest absolute Gasteiger partial charge is 0.434 e. The number of primary amides is 1. The van der Waals surface area contributed by atoms with Gasteiger partial charge in [0.05, 0.1) is 5.56 Å². The Hall–Kier alpha value is -3.35. The van der Waals surface area contributed by atoms with E-state index in [0.717, 1.165) is 37.3 Å². The standard InChI is InChI=1S/C22H19F7N2O4/c1-9-16(12-5-3-10(23)7-15(12)34-20(25)26)17(35-21(9,2)22(27,28)29)19(33)31-11-4-6-14(24)13(8-11)18(30)32/h3-9,16-17,20H,1-2H3,(H2,30,32)(H,31,33)/t9-,16-,17+,21+/m1/s1. The molecule has 35 heavy (non-hydrogen) atoms. The highest BCUT2D eigenvalue weighted by Gasteiger charge is 2.65. The monoisotopic (exact) mass is 508 g/mol. The number of alkyl halides is 5. The molecule has 0 unspecified atom stereocenters. The van der Waals surface area contributed by atoms with Crippen molar-refractivity contribution in [2.45, 2.75) is 44.3 Å². The molecular formula is C22H19F7N2O4. The molecule has 0 aliphatic carbocycles. The van der Waals surface area contributed by atoms with E-state index in [9.17, 15) is 40.3 Å². The predicted molar refractivity (Wildman–Crippen MR) is 108 cm³/mol. The van der Waals surface area contributed by atoms with E-state index in [2.05, 4.69) is 10.1 Å². The van der Waals surface area contributed by atoms with Crippen molar-refractivity contribution >= 4 is 17.5 Å². The van der Waals surface area contributed by atoms with E-state index in [-0.39, 0.29) is 11.3 Å². The number of anilines is 1. The van der Waals surface area contributed by atoms with Crippen LogP contribution in [0.25, 0.3) is 0 Å². The normalized spacial score (nSPS) is 24.5. The molecule has 0 saturated carbocycles. The van der Waals surface area contributed by atoms with Crippen LogP contribution >= 0.6 is 0 Å². The van der Waals surface area contributed by atoms with E-state index in [4.69, 9.17) is 10.5 Å². The minimum atomic E-state index is -4.99. The third-order valence-corrected chi connectivity index (χ3v) is 5.98. The van der Waals surface area contributed by atoms with Gasteiger partial charge in [0.2, 0.25) is 0 Å². The van der Waals surface area contributed by atoms with Crippen molar-refractivity contribution < 1.29 is 49.8 Å². The Morgan fingerprint density at radius 2 is 1.80 bits per heavy atom. The Bertz CT molecular complexity index is 1140. The van der Waals surface area contributed by atoms with Crippen molar-refractivity contribution in [1.82, 2.24) is 0 Å². The zero-order valence-electron chi connectivity index (χ0n) is 18.1. The van der Waals surface area contributed by atoms with E-state index in [1.165, 1.54) is 0 Å². The molecule has 13 heteroatoms. The fourth-order valence-electron chi connectivity index (χ4n) is 4.01. The van der Waals surface area contributed by atoms with Gasteiger partial charge >= 0.3 is 12.8 Å². The lowest BCUT2D eigenvalue weighted by Crippen LogP contribution is -2.47. The summed E-state index contributed by atoms with van der Waals surface area (Å²) in [5.74, 6) is -8.13. The van der Waals surface area contributed by atoms with Crippen LogP contribution in [-0.4, -0.2) is 36.3 Å². The van der Waals surface area contributed by atoms with Gasteiger partial charge in [0.1, 0.15) is 23.5 Å². The van der Waals surface area contributed by atoms with Gasteiger partial charge in [-0.15, -0.1) is 0 Å². The Labute approximate surface area is 194 Å². The number of halogens is 7. The van der Waals surface area contributed by atoms with E-state index < -0.39 is 71.1 Å². The van der Waals surface area contributed by atoms with Crippen LogP contribution < -0.4 is 15.8 Å². The summed E-state index contributed by atoms with van der Waals surface area (Å²) in [7, 11) is 0. The molecular weight excluding hydrogens is 489 g/mol. The molecule has 0 aromatic heterocycles. The van der Waals surface area contributed by atoms with Crippen LogP contribution in [0.3, 0.4) is 0 Å². The van der Waals surface area contributed by atoms with Crippen molar-refractivity contribution in [2.24, 2.45) is 11.7 Å². The van der Waals surface area contributed by atoms with Gasteiger partial charge in [0.25, 0.3) is 11.8 Å². The van der Waals surface area contributed by atoms with Crippen LogP contribution in [0, 0.1) is 17.6 Å². The fraction of sp³-hybridized carbons (Fsp3) is 0.364. The molecule has 1 aliphatic heterocycles. The van der Waals surface area contributed by atoms with E-state index in [1.807, 2.05) is 0 Å². The average Bonchev–Trinajstić information content (AvgIpc) is 3.01. The SMILES string of the molecule is C[C@@H]1[C@H](c2ccc(F)cc2OC(F)F)[C@@H](C(=O)Nc2ccc(F)c(C(N)=O)c2)O[C@]1(C)C(F)(F)F. The van der Waals surface area contributed by atoms with Crippen molar-refractivity contribution in [1.29, 1.82) is 0 Å². The molecule has 190 valence electrons. The van der Waals surface area contributed by atoms with Gasteiger partial charge in [-0.05, 0) is 31.2 Å². The van der Waals surface area contributed by atoms with Gasteiger partial charge in [0, 0.05) is 29.2 Å². The number of nitrogens with two attached hydrogens (primary N) is 1. The van der Waals surface area contributed by atoms with Crippen LogP contribution in [0.5, 0.6) is 5.75 Å². The third-order valence-electron chi connectivity index (χ3n) is 5.98. The lowest BCUT2D eigenvalue weighted by Gasteiger charge is -2.32. The number of rotatable bonds is 6. The molecule has 1 saturated heterocycles. The average molecular weight is 508 g/mol. The molecule has 6 nitrogen and oxygen atoms in total. The van der Waals surface area contributed by atoms with Gasteiger partial charge in [-0.2, -0.15) is 22.0 Å². The summed E-state index contributed by atoms with van der Waals surface area (Å²) in [4.78, 5) is 24.4. The summed E-state index contributed by atoms with van der Waals surface area (Å²) in [6.45, 7) is -1.64. The first-order chi connectivity index (χ1) is 16.2. The molecule has 0 bridgehead atoms. The van der Waals surface area contributed by atoms with Crippen LogP contribution in [0.15, 0.2) is 36.4 Å². The first-order valence-electron chi connectivity index (χ1n) is 10.0. The highest BCUT2D eigenvalue weighted by molar-refractivity contribution is 5.98. The Kier molecular flexibility index (Phi) is 7.02. The number of nitrogens with one attached hydrogen (secondary N) is 1. The quantitative estimate of drug-likeness (QED) is 0.552. The van der Waals surface area contributed by atoms with Crippen LogP contribution in [-0.2, 0) is 9.53 Å². The molecule has 1 heterocycles. The lowest BCUT2D eigenvalue weighted by atomic mass is 9.77. The van der Waals surface area contributed by atoms with Gasteiger partial charge in [-0.3, -0.25) is 9.59 Å². The van der Waals surface area contributed by atoms with E-state index in [1.54, 1.807) is 0 Å². The number of hydrogen-bond acceptors (Lipinski definition) is 4. The van der Waals surface area contributed by atoms with Gasteiger partial charge in [-0.25, -0.2) is 8.78 Å². The maximum atomic E-state index is 13.9. The molecule has 1 aliphatic rings. The summed E-state index contributed by atoms with van der Waals surface area (Å²) < 4.78 is 105. The minimum absolute atomic E-state index is 0.191. The highest BCUT2D eigenvalue weighted by Crippen LogP contribution is 2.54. The van der Waals surface area contributed by atoms with Gasteiger partial charge in [-0.1, -0.05) is 13.0 Å². The molecule has 4 atom stereocenters. The molecule has 2 amide bonds. The van der Waals surface area contributed by atoms with Crippen molar-refractivity contribution in [3.05, 3.63) is 59.2 Å². The van der Waals surface area contributed by atoms with E-state index >= 15 is 0 Å². The lowest BCUT2D eigenvalue weighted by molar-refractivity contribution is -0.272. The smallest absolute Gasteiger partial charge is 0.417 e. The van der Waals surface area contributed by atoms with Crippen LogP contribution in [0.2, 0.25) is 0 Å².